The van der Waals surface area contributed by atoms with Crippen molar-refractivity contribution in [3.63, 3.8) is 0 Å². The predicted molar refractivity (Wildman–Crippen MR) is 89.5 cm³/mol. The number of nitrogens with two attached hydrogens (primary N) is 1. The van der Waals surface area contributed by atoms with Gasteiger partial charge in [-0.1, -0.05) is 12.1 Å². The Morgan fingerprint density at radius 1 is 1.16 bits per heavy atom. The molecule has 2 rings (SSSR count). The Hall–Kier alpha value is -2.23. The second-order valence-corrected chi connectivity index (χ2v) is 5.66. The van der Waals surface area contributed by atoms with Gasteiger partial charge in [-0.2, -0.15) is 0 Å². The number of aromatic carboxylic acids is 1. The molecule has 8 heteroatoms. The van der Waals surface area contributed by atoms with E-state index in [4.69, 9.17) is 5.73 Å². The van der Waals surface area contributed by atoms with Crippen molar-refractivity contribution in [2.45, 2.75) is 39.4 Å². The summed E-state index contributed by atoms with van der Waals surface area (Å²) in [5.41, 5.74) is 8.10. The van der Waals surface area contributed by atoms with Crippen LogP contribution in [-0.4, -0.2) is 36.5 Å². The van der Waals surface area contributed by atoms with E-state index in [0.29, 0.717) is 33.5 Å². The molecule has 0 aliphatic rings. The molecule has 25 heavy (non-hydrogen) atoms. The van der Waals surface area contributed by atoms with Crippen molar-refractivity contribution >= 4 is 5.97 Å². The molecule has 0 radical (unpaired) electrons. The van der Waals surface area contributed by atoms with Gasteiger partial charge in [0.2, 0.25) is 0 Å². The molecule has 8 nitrogen and oxygen atoms in total. The number of hydrogen-bond donors (Lipinski definition) is 7. The van der Waals surface area contributed by atoms with Gasteiger partial charge in [-0.3, -0.25) is 0 Å². The van der Waals surface area contributed by atoms with E-state index in [1.807, 2.05) is 0 Å². The molecule has 0 aliphatic heterocycles. The molecule has 0 fully saturated rings. The number of rotatable bonds is 7. The van der Waals surface area contributed by atoms with Gasteiger partial charge in [0, 0.05) is 23.4 Å². The van der Waals surface area contributed by atoms with Crippen LogP contribution in [0.2, 0.25) is 0 Å². The normalized spacial score (nSPS) is 12.4. The summed E-state index contributed by atoms with van der Waals surface area (Å²) < 4.78 is 0. The van der Waals surface area contributed by atoms with Gasteiger partial charge in [-0.25, -0.2) is 4.79 Å². The van der Waals surface area contributed by atoms with Crippen LogP contribution in [-0.2, 0) is 26.4 Å². The maximum absolute atomic E-state index is 11.5. The molecule has 1 aromatic heterocycles. The van der Waals surface area contributed by atoms with Crippen LogP contribution in [0, 0.1) is 0 Å². The topological polar surface area (TPSA) is 160 Å². The van der Waals surface area contributed by atoms with Crippen molar-refractivity contribution in [1.29, 1.82) is 0 Å². The van der Waals surface area contributed by atoms with Crippen LogP contribution in [0.15, 0.2) is 12.1 Å². The number of aromatic nitrogens is 1. The first kappa shape index (κ1) is 19.1. The summed E-state index contributed by atoms with van der Waals surface area (Å²) in [6, 6.07) is 3.19. The lowest BCUT2D eigenvalue weighted by molar-refractivity contribution is 0.0684. The fourth-order valence-corrected chi connectivity index (χ4v) is 3.12. The zero-order chi connectivity index (χ0) is 18.7. The van der Waals surface area contributed by atoms with Gasteiger partial charge in [0.1, 0.15) is 5.69 Å². The Balaban J connectivity index is 2.88. The average molecular weight is 350 g/mol. The zero-order valence-corrected chi connectivity index (χ0v) is 13.8. The van der Waals surface area contributed by atoms with Gasteiger partial charge in [0.15, 0.2) is 0 Å². The molecule has 1 heterocycles. The third-order valence-electron chi connectivity index (χ3n) is 4.24. The van der Waals surface area contributed by atoms with Crippen molar-refractivity contribution in [3.05, 3.63) is 45.8 Å². The van der Waals surface area contributed by atoms with E-state index in [9.17, 15) is 30.3 Å². The molecular formula is C17H22N2O6. The molecule has 8 N–H and O–H groups in total. The Labute approximate surface area is 144 Å². The van der Waals surface area contributed by atoms with Crippen molar-refractivity contribution in [2.75, 3.05) is 0 Å². The van der Waals surface area contributed by atoms with E-state index in [0.717, 1.165) is 0 Å². The van der Waals surface area contributed by atoms with Crippen molar-refractivity contribution < 1.29 is 30.3 Å². The summed E-state index contributed by atoms with van der Waals surface area (Å²) in [7, 11) is 0. The molecule has 1 aromatic carbocycles. The molecule has 0 bridgehead atoms. The van der Waals surface area contributed by atoms with Gasteiger partial charge in [0.25, 0.3) is 0 Å². The summed E-state index contributed by atoms with van der Waals surface area (Å²) in [5.74, 6) is -1.24. The number of carboxylic acids is 1. The highest BCUT2D eigenvalue weighted by atomic mass is 16.4. The summed E-state index contributed by atoms with van der Waals surface area (Å²) in [4.78, 5) is 14.2. The first-order chi connectivity index (χ1) is 11.9. The van der Waals surface area contributed by atoms with Crippen LogP contribution >= 0.6 is 0 Å². The van der Waals surface area contributed by atoms with E-state index < -0.39 is 25.3 Å². The number of nitrogens with one attached hydrogen (secondary N) is 1. The lowest BCUT2D eigenvalue weighted by atomic mass is 9.89. The fraction of sp³-hybridized carbons (Fsp3) is 0.353. The molecule has 0 aliphatic carbocycles. The molecule has 1 unspecified atom stereocenters. The number of carbonyl (C=O) groups is 1. The Kier molecular flexibility index (Phi) is 5.93. The number of aromatic amines is 1. The Bertz CT molecular complexity index is 782. The maximum Gasteiger partial charge on any atom is 0.352 e. The van der Waals surface area contributed by atoms with E-state index >= 15 is 0 Å². The molecule has 0 saturated carbocycles. The second kappa shape index (κ2) is 7.77. The van der Waals surface area contributed by atoms with Gasteiger partial charge >= 0.3 is 5.97 Å². The summed E-state index contributed by atoms with van der Waals surface area (Å²) in [6.45, 7) is 0.272. The smallest absolute Gasteiger partial charge is 0.352 e. The highest BCUT2D eigenvalue weighted by molar-refractivity contribution is 5.92. The van der Waals surface area contributed by atoms with Crippen LogP contribution < -0.4 is 5.73 Å². The van der Waals surface area contributed by atoms with E-state index in [2.05, 4.69) is 4.98 Å². The lowest BCUT2D eigenvalue weighted by Crippen LogP contribution is -2.07. The van der Waals surface area contributed by atoms with Crippen molar-refractivity contribution in [3.8, 4) is 11.1 Å². The molecule has 0 spiro atoms. The highest BCUT2D eigenvalue weighted by Gasteiger charge is 2.27. The van der Waals surface area contributed by atoms with Crippen LogP contribution in [0.1, 0.15) is 51.5 Å². The fourth-order valence-electron chi connectivity index (χ4n) is 3.12. The van der Waals surface area contributed by atoms with Crippen LogP contribution in [0.25, 0.3) is 11.1 Å². The quantitative estimate of drug-likeness (QED) is 0.379. The van der Waals surface area contributed by atoms with Gasteiger partial charge in [-0.15, -0.1) is 0 Å². The van der Waals surface area contributed by atoms with E-state index in [1.54, 1.807) is 12.1 Å². The molecule has 136 valence electrons. The molecule has 1 atom stereocenters. The lowest BCUT2D eigenvalue weighted by Gasteiger charge is -2.18. The van der Waals surface area contributed by atoms with Crippen molar-refractivity contribution in [2.24, 2.45) is 5.73 Å². The second-order valence-electron chi connectivity index (χ2n) is 5.66. The SMILES string of the molecule is CC(O)c1c(C(=O)O)[nH]c(CN)c1-c1ccc(CO)c(CO)c1CO. The third-order valence-corrected chi connectivity index (χ3v) is 4.24. The average Bonchev–Trinajstić information content (AvgIpc) is 3.00. The summed E-state index contributed by atoms with van der Waals surface area (Å²) in [6.07, 6.45) is -1.10. The van der Waals surface area contributed by atoms with Crippen LogP contribution in [0.3, 0.4) is 0 Å². The molecular weight excluding hydrogens is 328 g/mol. The number of aliphatic hydroxyl groups excluding tert-OH is 4. The van der Waals surface area contributed by atoms with Gasteiger partial charge in [0.05, 0.1) is 25.9 Å². The molecule has 0 saturated heterocycles. The first-order valence-electron chi connectivity index (χ1n) is 7.73. The molecule has 2 aromatic rings. The van der Waals surface area contributed by atoms with E-state index in [1.165, 1.54) is 6.92 Å². The first-order valence-corrected chi connectivity index (χ1v) is 7.73. The number of aliphatic hydroxyl groups is 4. The third kappa shape index (κ3) is 3.30. The standard InChI is InChI=1S/C17H22N2O6/c1-8(23)14-15(13(4-18)19-16(14)17(24)25)10-3-2-9(5-20)11(6-21)12(10)7-22/h2-3,8,19-23H,4-7,18H2,1H3,(H,24,25). The maximum atomic E-state index is 11.5. The predicted octanol–water partition coefficient (Wildman–Crippen LogP) is 0.369. The minimum atomic E-state index is -1.24. The Morgan fingerprint density at radius 3 is 2.24 bits per heavy atom. The minimum Gasteiger partial charge on any atom is -0.477 e. The number of H-pyrrole nitrogens is 1. The van der Waals surface area contributed by atoms with Gasteiger partial charge < -0.3 is 36.3 Å². The number of benzene rings is 1. The highest BCUT2D eigenvalue weighted by Crippen LogP contribution is 2.38. The van der Waals surface area contributed by atoms with Crippen LogP contribution in [0.5, 0.6) is 0 Å². The minimum absolute atomic E-state index is 0.0105. The largest absolute Gasteiger partial charge is 0.477 e. The van der Waals surface area contributed by atoms with E-state index in [-0.39, 0.29) is 24.4 Å². The number of carboxylic acid groups (broad SMARTS) is 1. The number of hydrogen-bond acceptors (Lipinski definition) is 6. The Morgan fingerprint density at radius 2 is 1.80 bits per heavy atom. The monoisotopic (exact) mass is 350 g/mol. The van der Waals surface area contributed by atoms with Gasteiger partial charge in [-0.05, 0) is 29.2 Å². The molecule has 0 amide bonds. The zero-order valence-electron chi connectivity index (χ0n) is 13.8. The van der Waals surface area contributed by atoms with Crippen LogP contribution in [0.4, 0.5) is 0 Å². The van der Waals surface area contributed by atoms with Crippen molar-refractivity contribution in [1.82, 2.24) is 4.98 Å². The summed E-state index contributed by atoms with van der Waals surface area (Å²) in [5, 5.41) is 48.4. The summed E-state index contributed by atoms with van der Waals surface area (Å²) >= 11 is 0.